The lowest BCUT2D eigenvalue weighted by atomic mass is 9.93. The zero-order chi connectivity index (χ0) is 21.1. The largest absolute Gasteiger partial charge is 0.327 e. The summed E-state index contributed by atoms with van der Waals surface area (Å²) >= 11 is 0. The number of halogens is 1. The number of nitrogens with zero attached hydrogens (tertiary/aromatic N) is 2. The molecule has 30 heavy (non-hydrogen) atoms. The van der Waals surface area contributed by atoms with Crippen LogP contribution in [0.3, 0.4) is 0 Å². The molecule has 0 aliphatic carbocycles. The van der Waals surface area contributed by atoms with E-state index >= 15 is 0 Å². The van der Waals surface area contributed by atoms with E-state index in [0.717, 1.165) is 12.0 Å². The molecule has 0 spiro atoms. The minimum absolute atomic E-state index is 0.152. The number of carbonyl (C=O) groups excluding carboxylic acids is 3. The summed E-state index contributed by atoms with van der Waals surface area (Å²) < 4.78 is 13.1. The topological polar surface area (TPSA) is 81.8 Å². The van der Waals surface area contributed by atoms with Gasteiger partial charge in [-0.2, -0.15) is 0 Å². The molecule has 4 amide bonds. The Hall–Kier alpha value is -3.26. The number of carbonyl (C=O) groups is 3. The van der Waals surface area contributed by atoms with E-state index in [-0.39, 0.29) is 25.0 Å². The van der Waals surface area contributed by atoms with Crippen LogP contribution in [0.2, 0.25) is 0 Å². The molecule has 0 radical (unpaired) electrons. The smallest absolute Gasteiger partial charge is 0.325 e. The lowest BCUT2D eigenvalue weighted by molar-refractivity contribution is -0.138. The van der Waals surface area contributed by atoms with Crippen LogP contribution in [0, 0.1) is 5.82 Å². The number of rotatable bonds is 5. The second-order valence-electron chi connectivity index (χ2n) is 7.52. The third-order valence-corrected chi connectivity index (χ3v) is 5.46. The first kappa shape index (κ1) is 20.0. The van der Waals surface area contributed by atoms with Gasteiger partial charge in [0.2, 0.25) is 11.8 Å². The quantitative estimate of drug-likeness (QED) is 0.793. The highest BCUT2D eigenvalue weighted by atomic mass is 19.1. The zero-order valence-corrected chi connectivity index (χ0v) is 16.4. The van der Waals surface area contributed by atoms with Crippen molar-refractivity contribution < 1.29 is 18.8 Å². The monoisotopic (exact) mass is 410 g/mol. The van der Waals surface area contributed by atoms with Crippen LogP contribution in [-0.4, -0.2) is 52.8 Å². The van der Waals surface area contributed by atoms with Crippen molar-refractivity contribution in [3.63, 3.8) is 0 Å². The van der Waals surface area contributed by atoms with Crippen molar-refractivity contribution in [1.29, 1.82) is 0 Å². The second-order valence-corrected chi connectivity index (χ2v) is 7.52. The molecule has 2 saturated heterocycles. The Morgan fingerprint density at radius 1 is 1.10 bits per heavy atom. The summed E-state index contributed by atoms with van der Waals surface area (Å²) in [5, 5.41) is 5.89. The standard InChI is InChI=1S/C22H23FN4O3/c23-16-8-10-17(11-9-16)25-19(28)14-26-18-7-4-12-24-20(18)21(29)27(22(26)30)13-15-5-2-1-3-6-15/h1-3,5-6,8-11,18,20,24H,4,7,12-14H2,(H,25,28). The van der Waals surface area contributed by atoms with Crippen molar-refractivity contribution in [3.05, 3.63) is 66.0 Å². The van der Waals surface area contributed by atoms with Gasteiger partial charge in [-0.1, -0.05) is 30.3 Å². The van der Waals surface area contributed by atoms with E-state index in [2.05, 4.69) is 10.6 Å². The molecule has 156 valence electrons. The van der Waals surface area contributed by atoms with E-state index in [1.54, 1.807) is 0 Å². The summed E-state index contributed by atoms with van der Waals surface area (Å²) in [6.07, 6.45) is 1.47. The SMILES string of the molecule is O=C(CN1C(=O)N(Cc2ccccc2)C(=O)C2NCCCC21)Nc1ccc(F)cc1. The van der Waals surface area contributed by atoms with Crippen LogP contribution >= 0.6 is 0 Å². The molecular weight excluding hydrogens is 387 g/mol. The molecule has 2 aliphatic heterocycles. The maximum absolute atomic E-state index is 13.2. The molecule has 2 heterocycles. The first-order valence-electron chi connectivity index (χ1n) is 9.97. The van der Waals surface area contributed by atoms with Crippen molar-refractivity contribution in [2.75, 3.05) is 18.4 Å². The minimum Gasteiger partial charge on any atom is -0.325 e. The number of urea groups is 1. The number of imide groups is 1. The molecular formula is C22H23FN4O3. The van der Waals surface area contributed by atoms with E-state index < -0.39 is 23.8 Å². The zero-order valence-electron chi connectivity index (χ0n) is 16.4. The molecule has 2 atom stereocenters. The van der Waals surface area contributed by atoms with Gasteiger partial charge >= 0.3 is 6.03 Å². The Morgan fingerprint density at radius 2 is 1.83 bits per heavy atom. The normalized spacial score (nSPS) is 21.4. The van der Waals surface area contributed by atoms with Crippen LogP contribution in [0.1, 0.15) is 18.4 Å². The van der Waals surface area contributed by atoms with Crippen LogP contribution in [-0.2, 0) is 16.1 Å². The summed E-state index contributed by atoms with van der Waals surface area (Å²) in [5.41, 5.74) is 1.28. The molecule has 2 aromatic carbocycles. The van der Waals surface area contributed by atoms with E-state index in [0.29, 0.717) is 18.7 Å². The second kappa shape index (κ2) is 8.62. The summed E-state index contributed by atoms with van der Waals surface area (Å²) in [7, 11) is 0. The number of nitrogens with one attached hydrogen (secondary N) is 2. The van der Waals surface area contributed by atoms with Crippen molar-refractivity contribution >= 4 is 23.5 Å². The highest BCUT2D eigenvalue weighted by molar-refractivity contribution is 6.02. The Morgan fingerprint density at radius 3 is 2.57 bits per heavy atom. The van der Waals surface area contributed by atoms with Gasteiger partial charge in [0.1, 0.15) is 18.4 Å². The van der Waals surface area contributed by atoms with Crippen molar-refractivity contribution in [2.24, 2.45) is 0 Å². The molecule has 2 N–H and O–H groups in total. The van der Waals surface area contributed by atoms with Crippen molar-refractivity contribution in [2.45, 2.75) is 31.5 Å². The first-order valence-corrected chi connectivity index (χ1v) is 9.97. The average molecular weight is 410 g/mol. The van der Waals surface area contributed by atoms with E-state index in [9.17, 15) is 18.8 Å². The number of hydrogen-bond acceptors (Lipinski definition) is 4. The van der Waals surface area contributed by atoms with Gasteiger partial charge in [0.25, 0.3) is 0 Å². The van der Waals surface area contributed by atoms with Crippen LogP contribution in [0.4, 0.5) is 14.9 Å². The summed E-state index contributed by atoms with van der Waals surface area (Å²) in [6.45, 7) is 0.660. The molecule has 4 rings (SSSR count). The van der Waals surface area contributed by atoms with Gasteiger partial charge in [0, 0.05) is 5.69 Å². The summed E-state index contributed by atoms with van der Waals surface area (Å²) in [6, 6.07) is 13.3. The van der Waals surface area contributed by atoms with Gasteiger partial charge in [-0.15, -0.1) is 0 Å². The minimum atomic E-state index is -0.529. The Kier molecular flexibility index (Phi) is 5.76. The Balaban J connectivity index is 1.53. The number of anilines is 1. The number of hydrogen-bond donors (Lipinski definition) is 2. The highest BCUT2D eigenvalue weighted by Gasteiger charge is 2.47. The lowest BCUT2D eigenvalue weighted by Gasteiger charge is -2.46. The Bertz CT molecular complexity index is 935. The predicted octanol–water partition coefficient (Wildman–Crippen LogP) is 2.35. The average Bonchev–Trinajstić information content (AvgIpc) is 2.76. The van der Waals surface area contributed by atoms with Gasteiger partial charge in [-0.05, 0) is 49.2 Å². The fraction of sp³-hybridized carbons (Fsp3) is 0.318. The van der Waals surface area contributed by atoms with Gasteiger partial charge in [0.15, 0.2) is 0 Å². The third-order valence-electron chi connectivity index (χ3n) is 5.46. The third kappa shape index (κ3) is 4.18. The summed E-state index contributed by atoms with van der Waals surface area (Å²) in [4.78, 5) is 41.5. The maximum atomic E-state index is 13.2. The number of amides is 4. The van der Waals surface area contributed by atoms with E-state index in [1.165, 1.54) is 34.1 Å². The van der Waals surface area contributed by atoms with Gasteiger partial charge in [-0.25, -0.2) is 9.18 Å². The maximum Gasteiger partial charge on any atom is 0.327 e. The first-order chi connectivity index (χ1) is 14.5. The highest BCUT2D eigenvalue weighted by Crippen LogP contribution is 2.26. The predicted molar refractivity (Wildman–Crippen MR) is 109 cm³/mol. The van der Waals surface area contributed by atoms with Crippen LogP contribution in [0.5, 0.6) is 0 Å². The molecule has 8 heteroatoms. The van der Waals surface area contributed by atoms with E-state index in [1.807, 2.05) is 30.3 Å². The molecule has 0 saturated carbocycles. The van der Waals surface area contributed by atoms with E-state index in [4.69, 9.17) is 0 Å². The van der Waals surface area contributed by atoms with Crippen molar-refractivity contribution in [1.82, 2.24) is 15.1 Å². The van der Waals surface area contributed by atoms with Crippen LogP contribution in [0.15, 0.2) is 54.6 Å². The summed E-state index contributed by atoms with van der Waals surface area (Å²) in [5.74, 6) is -1.05. The Labute approximate surface area is 173 Å². The van der Waals surface area contributed by atoms with Gasteiger partial charge in [-0.3, -0.25) is 14.5 Å². The molecule has 7 nitrogen and oxygen atoms in total. The van der Waals surface area contributed by atoms with Gasteiger partial charge in [0.05, 0.1) is 12.6 Å². The molecule has 2 fully saturated rings. The van der Waals surface area contributed by atoms with Gasteiger partial charge < -0.3 is 15.5 Å². The fourth-order valence-electron chi connectivity index (χ4n) is 4.00. The molecule has 2 unspecified atom stereocenters. The van der Waals surface area contributed by atoms with Crippen LogP contribution in [0.25, 0.3) is 0 Å². The number of piperidine rings is 1. The van der Waals surface area contributed by atoms with Crippen LogP contribution < -0.4 is 10.6 Å². The molecule has 0 aromatic heterocycles. The molecule has 2 aromatic rings. The fourth-order valence-corrected chi connectivity index (χ4v) is 4.00. The number of benzene rings is 2. The number of fused-ring (bicyclic) bond motifs is 1. The lowest BCUT2D eigenvalue weighted by Crippen LogP contribution is -2.70. The molecule has 2 aliphatic rings. The molecule has 0 bridgehead atoms. The van der Waals surface area contributed by atoms with Crippen molar-refractivity contribution in [3.8, 4) is 0 Å².